The Hall–Kier alpha value is -4.21. The van der Waals surface area contributed by atoms with Crippen molar-refractivity contribution in [3.05, 3.63) is 122 Å². The zero-order valence-electron chi connectivity index (χ0n) is 20.6. The van der Waals surface area contributed by atoms with E-state index in [4.69, 9.17) is 4.98 Å². The molecule has 0 spiro atoms. The van der Waals surface area contributed by atoms with E-state index in [0.29, 0.717) is 0 Å². The van der Waals surface area contributed by atoms with Crippen LogP contribution in [0.15, 0.2) is 122 Å². The Morgan fingerprint density at radius 3 is 2.36 bits per heavy atom. The van der Waals surface area contributed by atoms with Crippen molar-refractivity contribution < 1.29 is 0 Å². The van der Waals surface area contributed by atoms with Crippen LogP contribution in [-0.2, 0) is 0 Å². The van der Waals surface area contributed by atoms with Crippen molar-refractivity contribution in [3.63, 3.8) is 0 Å². The minimum atomic E-state index is -2.26. The second-order valence-electron chi connectivity index (χ2n) is 9.56. The van der Waals surface area contributed by atoms with Gasteiger partial charge in [0.25, 0.3) is 0 Å². The molecule has 184 valence electrons. The third-order valence-electron chi connectivity index (χ3n) is 7.48. The van der Waals surface area contributed by atoms with Crippen molar-refractivity contribution in [2.24, 2.45) is 0 Å². The Morgan fingerprint density at radius 2 is 1.46 bits per heavy atom. The predicted octanol–water partition coefficient (Wildman–Crippen LogP) is 5.51. The number of hydrogen-bond donors (Lipinski definition) is 0. The molecule has 4 aromatic heterocycles. The van der Waals surface area contributed by atoms with Crippen LogP contribution in [0.2, 0.25) is 0 Å². The summed E-state index contributed by atoms with van der Waals surface area (Å²) >= 11 is 3.75. The van der Waals surface area contributed by atoms with Crippen molar-refractivity contribution in [1.29, 1.82) is 0 Å². The number of aromatic nitrogens is 5. The molecule has 8 rings (SSSR count). The van der Waals surface area contributed by atoms with Crippen molar-refractivity contribution in [3.8, 4) is 0 Å². The van der Waals surface area contributed by atoms with Gasteiger partial charge in [0, 0.05) is 0 Å². The van der Waals surface area contributed by atoms with Gasteiger partial charge in [0.2, 0.25) is 0 Å². The van der Waals surface area contributed by atoms with Gasteiger partial charge in [0.1, 0.15) is 0 Å². The molecular weight excluding hydrogens is 564 g/mol. The molecule has 1 unspecified atom stereocenters. The van der Waals surface area contributed by atoms with Crippen LogP contribution in [0.1, 0.15) is 0 Å². The van der Waals surface area contributed by atoms with Gasteiger partial charge in [-0.05, 0) is 0 Å². The Morgan fingerprint density at radius 1 is 0.667 bits per heavy atom. The summed E-state index contributed by atoms with van der Waals surface area (Å²) < 4.78 is 2.30. The van der Waals surface area contributed by atoms with Gasteiger partial charge in [-0.15, -0.1) is 0 Å². The van der Waals surface area contributed by atoms with Crippen LogP contribution in [0, 0.1) is 0 Å². The molecule has 0 aliphatic rings. The van der Waals surface area contributed by atoms with Gasteiger partial charge in [-0.1, -0.05) is 0 Å². The van der Waals surface area contributed by atoms with E-state index >= 15 is 0 Å². The molecule has 8 aromatic rings. The number of pyridine rings is 2. The molecule has 0 amide bonds. The van der Waals surface area contributed by atoms with Crippen LogP contribution < -0.4 is 15.9 Å². The molecule has 0 radical (unpaired) electrons. The van der Waals surface area contributed by atoms with Crippen LogP contribution in [0.25, 0.3) is 49.3 Å². The molecule has 4 aromatic carbocycles. The van der Waals surface area contributed by atoms with Crippen molar-refractivity contribution >= 4 is 85.8 Å². The topological polar surface area (TPSA) is 56.0 Å². The number of nitrogens with zero attached hydrogens (tertiary/aromatic N) is 5. The fraction of sp³-hybridized carbons (Fsp3) is 0. The summed E-state index contributed by atoms with van der Waals surface area (Å²) in [4.78, 5) is 18.3. The van der Waals surface area contributed by atoms with Gasteiger partial charge >= 0.3 is 232 Å². The molecule has 0 N–H and O–H groups in total. The number of benzene rings is 4. The van der Waals surface area contributed by atoms with Crippen LogP contribution in [-0.4, -0.2) is 39.4 Å². The van der Waals surface area contributed by atoms with E-state index < -0.39 is 5.51 Å². The van der Waals surface area contributed by atoms with Crippen LogP contribution in [0.3, 0.4) is 0 Å². The molecule has 0 saturated carbocycles. The summed E-state index contributed by atoms with van der Waals surface area (Å²) in [7, 11) is 0. The molecule has 4 heterocycles. The molecule has 7 heteroatoms. The van der Waals surface area contributed by atoms with Gasteiger partial charge < -0.3 is 0 Å². The quantitative estimate of drug-likeness (QED) is 0.156. The number of rotatable bonds is 3. The second-order valence-corrected chi connectivity index (χ2v) is 15.7. The average molecular weight is 584 g/mol. The maximum atomic E-state index is 5.14. The number of imidazole rings is 1. The van der Waals surface area contributed by atoms with E-state index in [2.05, 4.69) is 132 Å². The zero-order chi connectivity index (χ0) is 26.0. The van der Waals surface area contributed by atoms with Crippen LogP contribution in [0.5, 0.6) is 0 Å². The van der Waals surface area contributed by atoms with Gasteiger partial charge in [-0.3, -0.25) is 0 Å². The van der Waals surface area contributed by atoms with Crippen molar-refractivity contribution in [2.75, 3.05) is 0 Å². The Kier molecular flexibility index (Phi) is 5.05. The summed E-state index contributed by atoms with van der Waals surface area (Å²) in [6.07, 6.45) is 7.24. The first-order chi connectivity index (χ1) is 19.2. The van der Waals surface area contributed by atoms with Gasteiger partial charge in [-0.2, -0.15) is 0 Å². The van der Waals surface area contributed by atoms with E-state index in [1.165, 1.54) is 26.7 Å². The summed E-state index contributed by atoms with van der Waals surface area (Å²) in [5.41, 5.74) is 2.90. The average Bonchev–Trinajstić information content (AvgIpc) is 3.41. The second kappa shape index (κ2) is 8.65. The zero-order valence-corrected chi connectivity index (χ0v) is 23.2. The fourth-order valence-electron chi connectivity index (χ4n) is 5.74. The van der Waals surface area contributed by atoms with Crippen molar-refractivity contribution in [1.82, 2.24) is 24.3 Å². The summed E-state index contributed by atoms with van der Waals surface area (Å²) in [6.45, 7) is 0. The maximum absolute atomic E-state index is 5.14. The molecule has 0 aliphatic heterocycles. The van der Waals surface area contributed by atoms with Crippen LogP contribution in [0.4, 0.5) is 0 Å². The number of fused-ring (bicyclic) bond motifs is 9. The first-order valence-electron chi connectivity index (χ1n) is 12.7. The molecule has 0 fully saturated rings. The van der Waals surface area contributed by atoms with E-state index in [1.54, 1.807) is 6.33 Å². The third-order valence-corrected chi connectivity index (χ3v) is 14.5. The first-order valence-corrected chi connectivity index (χ1v) is 16.7. The SMILES string of the molecule is [Se]=P(c1ccncc1)(c1ccc2cncnc2c1)c1cccc2c1c1ccccc1n1c3ccccc3nc21. The third kappa shape index (κ3) is 3.30. The fourth-order valence-corrected chi connectivity index (χ4v) is 11.0. The molecular formula is C32H20N5PSe. The van der Waals surface area contributed by atoms with Gasteiger partial charge in [0.05, 0.1) is 0 Å². The standard InChI is InChI=1S/C32H20N5PSe/c39-38(22-14-16-33-17-15-22,23-13-12-21-19-34-20-35-27(21)18-23)30-11-5-7-25-31(30)24-6-1-3-9-28(24)37-29-10-4-2-8-26(29)36-32(25)37/h1-20H. The summed E-state index contributed by atoms with van der Waals surface area (Å²) in [5.74, 6) is 0. The molecule has 0 aliphatic carbocycles. The monoisotopic (exact) mass is 585 g/mol. The molecule has 0 saturated heterocycles. The molecule has 5 nitrogen and oxygen atoms in total. The predicted molar refractivity (Wildman–Crippen MR) is 163 cm³/mol. The number of para-hydroxylation sites is 3. The molecule has 0 bridgehead atoms. The molecule has 39 heavy (non-hydrogen) atoms. The van der Waals surface area contributed by atoms with E-state index in [9.17, 15) is 0 Å². The van der Waals surface area contributed by atoms with Gasteiger partial charge in [0.15, 0.2) is 0 Å². The Balaban J connectivity index is 1.57. The van der Waals surface area contributed by atoms with Crippen LogP contribution >= 0.6 is 5.51 Å². The van der Waals surface area contributed by atoms with E-state index in [-0.39, 0.29) is 0 Å². The summed E-state index contributed by atoms with van der Waals surface area (Å²) in [6, 6.07) is 34.5. The van der Waals surface area contributed by atoms with Gasteiger partial charge in [-0.25, -0.2) is 0 Å². The number of hydrogen-bond acceptors (Lipinski definition) is 4. The minimum absolute atomic E-state index is 0.933. The first kappa shape index (κ1) is 22.7. The Labute approximate surface area is 231 Å². The Bertz CT molecular complexity index is 2280. The normalized spacial score (nSPS) is 13.4. The molecule has 1 atom stereocenters. The van der Waals surface area contributed by atoms with Crippen molar-refractivity contribution in [2.45, 2.75) is 0 Å². The van der Waals surface area contributed by atoms with E-state index in [1.807, 2.05) is 18.6 Å². The van der Waals surface area contributed by atoms with E-state index in [0.717, 1.165) is 38.5 Å². The summed E-state index contributed by atoms with van der Waals surface area (Å²) in [5, 5.41) is 8.29.